The van der Waals surface area contributed by atoms with Crippen LogP contribution in [0, 0.1) is 0 Å². The summed E-state index contributed by atoms with van der Waals surface area (Å²) < 4.78 is 0. The maximum Gasteiger partial charge on any atom is 0.169 e. The van der Waals surface area contributed by atoms with Crippen LogP contribution in [0.15, 0.2) is 64.5 Å². The highest BCUT2D eigenvalue weighted by Crippen LogP contribution is 2.42. The zero-order valence-corrected chi connectivity index (χ0v) is 15.6. The summed E-state index contributed by atoms with van der Waals surface area (Å²) in [5, 5.41) is 1.78. The lowest BCUT2D eigenvalue weighted by Crippen LogP contribution is -1.83. The number of fused-ring (bicyclic) bond motifs is 1. The van der Waals surface area contributed by atoms with Gasteiger partial charge in [-0.3, -0.25) is 4.79 Å². The van der Waals surface area contributed by atoms with E-state index in [4.69, 9.17) is 11.6 Å². The first-order chi connectivity index (χ1) is 12.1. The number of halogens is 1. The number of benzene rings is 1. The molecule has 0 atom stereocenters. The van der Waals surface area contributed by atoms with Crippen molar-refractivity contribution in [3.63, 3.8) is 0 Å². The minimum atomic E-state index is 0.0809. The zero-order valence-electron chi connectivity index (χ0n) is 13.2. The van der Waals surface area contributed by atoms with Crippen molar-refractivity contribution in [2.75, 3.05) is 0 Å². The summed E-state index contributed by atoms with van der Waals surface area (Å²) in [4.78, 5) is 23.5. The van der Waals surface area contributed by atoms with E-state index in [0.29, 0.717) is 0 Å². The number of H-pyrrole nitrogens is 1. The number of Topliss-reactive ketones (excluding diaryl/α,β-unsaturated/α-hetero) is 1. The molecule has 25 heavy (non-hydrogen) atoms. The minimum absolute atomic E-state index is 0.0809. The number of aromatic nitrogens is 2. The van der Waals surface area contributed by atoms with Crippen molar-refractivity contribution in [2.24, 2.45) is 0 Å². The van der Waals surface area contributed by atoms with Crippen molar-refractivity contribution in [3.8, 4) is 10.6 Å². The maximum atomic E-state index is 11.6. The van der Waals surface area contributed by atoms with Crippen molar-refractivity contribution in [2.45, 2.75) is 16.7 Å². The molecule has 1 aromatic carbocycles. The van der Waals surface area contributed by atoms with Gasteiger partial charge in [0.15, 0.2) is 5.78 Å². The molecule has 0 unspecified atom stereocenters. The average molecular weight is 385 g/mol. The van der Waals surface area contributed by atoms with Gasteiger partial charge in [-0.2, -0.15) is 0 Å². The third-order valence-electron chi connectivity index (χ3n) is 3.76. The Bertz CT molecular complexity index is 1070. The molecule has 6 heteroatoms. The molecule has 3 aromatic heterocycles. The fraction of sp³-hybridized carbons (Fsp3) is 0.0526. The predicted molar refractivity (Wildman–Crippen MR) is 105 cm³/mol. The number of pyridine rings is 1. The number of hydrogen-bond donors (Lipinski definition) is 1. The van der Waals surface area contributed by atoms with E-state index >= 15 is 0 Å². The molecule has 4 aromatic rings. The lowest BCUT2D eigenvalue weighted by Gasteiger charge is -2.04. The van der Waals surface area contributed by atoms with E-state index in [1.807, 2.05) is 42.5 Å². The summed E-state index contributed by atoms with van der Waals surface area (Å²) in [5.41, 5.74) is 1.83. The van der Waals surface area contributed by atoms with E-state index in [9.17, 15) is 4.79 Å². The Morgan fingerprint density at radius 2 is 1.96 bits per heavy atom. The van der Waals surface area contributed by atoms with Crippen LogP contribution in [0.5, 0.6) is 0 Å². The van der Waals surface area contributed by atoms with Crippen molar-refractivity contribution >= 4 is 51.5 Å². The number of thiophene rings is 1. The topological polar surface area (TPSA) is 45.8 Å². The Kier molecular flexibility index (Phi) is 4.37. The molecule has 3 nitrogen and oxygen atoms in total. The third kappa shape index (κ3) is 3.23. The summed E-state index contributed by atoms with van der Waals surface area (Å²) >= 11 is 9.15. The molecule has 0 aliphatic heterocycles. The Hall–Kier alpha value is -2.08. The fourth-order valence-electron chi connectivity index (χ4n) is 2.56. The molecule has 0 spiro atoms. The van der Waals surface area contributed by atoms with Gasteiger partial charge in [-0.05, 0) is 55.5 Å². The molecule has 0 bridgehead atoms. The summed E-state index contributed by atoms with van der Waals surface area (Å²) in [6.07, 6.45) is 1.77. The Balaban J connectivity index is 1.85. The number of nitrogens with zero attached hydrogens (tertiary/aromatic N) is 1. The van der Waals surface area contributed by atoms with Gasteiger partial charge in [0, 0.05) is 26.4 Å². The second-order valence-electron chi connectivity index (χ2n) is 5.50. The number of carbonyl (C=O) groups is 1. The highest BCUT2D eigenvalue weighted by atomic mass is 35.5. The van der Waals surface area contributed by atoms with Gasteiger partial charge in [0.05, 0.1) is 15.4 Å². The van der Waals surface area contributed by atoms with Crippen molar-refractivity contribution < 1.29 is 4.79 Å². The smallest absolute Gasteiger partial charge is 0.169 e. The van der Waals surface area contributed by atoms with E-state index in [1.165, 1.54) is 11.3 Å². The van der Waals surface area contributed by atoms with Gasteiger partial charge in [-0.15, -0.1) is 11.3 Å². The Morgan fingerprint density at radius 1 is 1.16 bits per heavy atom. The molecule has 0 saturated heterocycles. The van der Waals surface area contributed by atoms with Crippen LogP contribution in [0.1, 0.15) is 16.6 Å². The molecule has 0 aliphatic carbocycles. The highest BCUT2D eigenvalue weighted by molar-refractivity contribution is 7.99. The van der Waals surface area contributed by atoms with Crippen molar-refractivity contribution in [1.82, 2.24) is 9.97 Å². The average Bonchev–Trinajstić information content (AvgIpc) is 3.22. The number of nitrogens with one attached hydrogen (secondary N) is 1. The van der Waals surface area contributed by atoms with E-state index in [0.717, 1.165) is 41.3 Å². The van der Waals surface area contributed by atoms with Crippen LogP contribution in [0.25, 0.3) is 21.6 Å². The first-order valence-corrected chi connectivity index (χ1v) is 9.64. The van der Waals surface area contributed by atoms with Gasteiger partial charge in [-0.25, -0.2) is 4.98 Å². The minimum Gasteiger partial charge on any atom is -0.338 e. The molecule has 0 fully saturated rings. The number of rotatable bonds is 4. The van der Waals surface area contributed by atoms with Crippen LogP contribution >= 0.6 is 34.7 Å². The Morgan fingerprint density at radius 3 is 2.68 bits per heavy atom. The summed E-state index contributed by atoms with van der Waals surface area (Å²) in [6, 6.07) is 15.6. The quantitative estimate of drug-likeness (QED) is 0.420. The normalized spacial score (nSPS) is 11.1. The summed E-state index contributed by atoms with van der Waals surface area (Å²) in [5.74, 6) is 0.0809. The van der Waals surface area contributed by atoms with Gasteiger partial charge in [0.2, 0.25) is 0 Å². The van der Waals surface area contributed by atoms with Gasteiger partial charge in [-0.1, -0.05) is 23.4 Å². The van der Waals surface area contributed by atoms with Gasteiger partial charge in [0.1, 0.15) is 5.65 Å². The van der Waals surface area contributed by atoms with Crippen LogP contribution < -0.4 is 0 Å². The summed E-state index contributed by atoms with van der Waals surface area (Å²) in [7, 11) is 0. The van der Waals surface area contributed by atoms with Crippen LogP contribution in [-0.2, 0) is 0 Å². The summed E-state index contributed by atoms with van der Waals surface area (Å²) in [6.45, 7) is 1.59. The second kappa shape index (κ2) is 6.67. The molecular formula is C19H13ClN2OS2. The lowest BCUT2D eigenvalue weighted by atomic mass is 10.3. The molecule has 4 rings (SSSR count). The molecule has 0 amide bonds. The monoisotopic (exact) mass is 384 g/mol. The fourth-order valence-corrected chi connectivity index (χ4v) is 4.70. The van der Waals surface area contributed by atoms with E-state index < -0.39 is 0 Å². The number of ketones is 1. The van der Waals surface area contributed by atoms with Crippen LogP contribution in [0.4, 0.5) is 0 Å². The van der Waals surface area contributed by atoms with Crippen molar-refractivity contribution in [3.05, 3.63) is 64.6 Å². The van der Waals surface area contributed by atoms with Crippen molar-refractivity contribution in [1.29, 1.82) is 0 Å². The second-order valence-corrected chi connectivity index (χ2v) is 8.11. The maximum absolute atomic E-state index is 11.6. The molecular weight excluding hydrogens is 372 g/mol. The van der Waals surface area contributed by atoms with Gasteiger partial charge < -0.3 is 4.98 Å². The Labute approximate surface area is 158 Å². The predicted octanol–water partition coefficient (Wildman–Crippen LogP) is 6.30. The molecule has 0 radical (unpaired) electrons. The molecule has 124 valence electrons. The number of aromatic amines is 1. The molecule has 3 heterocycles. The molecule has 0 saturated carbocycles. The SMILES string of the molecule is CC(=O)c1ccc(-c2[nH]c3ncccc3c2Sc2ccc(Cl)cc2)s1. The highest BCUT2D eigenvalue weighted by Gasteiger charge is 2.17. The van der Waals surface area contributed by atoms with E-state index in [2.05, 4.69) is 16.0 Å². The standard InChI is InChI=1S/C19H13ClN2OS2/c1-11(23)15-8-9-16(25-15)17-18(14-3-2-10-21-19(14)22-17)24-13-6-4-12(20)5-7-13/h2-10H,1H3,(H,21,22). The van der Waals surface area contributed by atoms with E-state index in [1.54, 1.807) is 24.9 Å². The molecule has 1 N–H and O–H groups in total. The van der Waals surface area contributed by atoms with Crippen LogP contribution in [0.3, 0.4) is 0 Å². The van der Waals surface area contributed by atoms with Gasteiger partial charge >= 0.3 is 0 Å². The largest absolute Gasteiger partial charge is 0.338 e. The third-order valence-corrected chi connectivity index (χ3v) is 6.35. The van der Waals surface area contributed by atoms with Crippen LogP contribution in [0.2, 0.25) is 5.02 Å². The zero-order chi connectivity index (χ0) is 17.4. The first kappa shape index (κ1) is 16.4. The van der Waals surface area contributed by atoms with Crippen LogP contribution in [-0.4, -0.2) is 15.8 Å². The molecule has 0 aliphatic rings. The lowest BCUT2D eigenvalue weighted by molar-refractivity contribution is 0.102. The van der Waals surface area contributed by atoms with E-state index in [-0.39, 0.29) is 5.78 Å². The van der Waals surface area contributed by atoms with Gasteiger partial charge in [0.25, 0.3) is 0 Å². The number of hydrogen-bond acceptors (Lipinski definition) is 4. The number of carbonyl (C=O) groups excluding carboxylic acids is 1. The first-order valence-electron chi connectivity index (χ1n) is 7.63.